The number of hydrogen-bond donors (Lipinski definition) is 0. The zero-order valence-corrected chi connectivity index (χ0v) is 12.4. The van der Waals surface area contributed by atoms with Crippen molar-refractivity contribution < 1.29 is 0 Å². The maximum atomic E-state index is 9.37. The molecule has 0 aliphatic rings. The summed E-state index contributed by atoms with van der Waals surface area (Å²) in [5, 5.41) is 9.37. The molecule has 1 rings (SSSR count). The summed E-state index contributed by atoms with van der Waals surface area (Å²) in [6, 6.07) is 11.3. The van der Waals surface area contributed by atoms with E-state index in [9.17, 15) is 5.26 Å². The van der Waals surface area contributed by atoms with Gasteiger partial charge in [0.1, 0.15) is 0 Å². The first kappa shape index (κ1) is 14.8. The molecule has 0 amide bonds. The van der Waals surface area contributed by atoms with Crippen LogP contribution in [0.2, 0.25) is 0 Å². The lowest BCUT2D eigenvalue weighted by molar-refractivity contribution is 0.363. The quantitative estimate of drug-likeness (QED) is 0.741. The predicted octanol–water partition coefficient (Wildman–Crippen LogP) is 4.86. The van der Waals surface area contributed by atoms with Crippen LogP contribution in [-0.2, 0) is 11.8 Å². The van der Waals surface area contributed by atoms with Gasteiger partial charge in [0.25, 0.3) is 0 Å². The van der Waals surface area contributed by atoms with Crippen LogP contribution in [0.15, 0.2) is 24.3 Å². The minimum Gasteiger partial charge on any atom is -0.198 e. The Kier molecular flexibility index (Phi) is 4.57. The van der Waals surface area contributed by atoms with Crippen LogP contribution in [0.4, 0.5) is 0 Å². The van der Waals surface area contributed by atoms with E-state index in [1.165, 1.54) is 11.1 Å². The minimum atomic E-state index is -0.191. The van der Waals surface area contributed by atoms with E-state index in [0.29, 0.717) is 0 Å². The van der Waals surface area contributed by atoms with E-state index in [1.807, 2.05) is 0 Å². The summed E-state index contributed by atoms with van der Waals surface area (Å²) in [5.74, 6) is 0. The van der Waals surface area contributed by atoms with Gasteiger partial charge in [-0.1, -0.05) is 58.9 Å². The van der Waals surface area contributed by atoms with Gasteiger partial charge in [-0.3, -0.25) is 0 Å². The highest BCUT2D eigenvalue weighted by Gasteiger charge is 2.26. The van der Waals surface area contributed by atoms with Gasteiger partial charge in [-0.05, 0) is 35.8 Å². The summed E-state index contributed by atoms with van der Waals surface area (Å²) < 4.78 is 0. The summed E-state index contributed by atoms with van der Waals surface area (Å²) >= 11 is 0. The smallest absolute Gasteiger partial charge is 0.0693 e. The van der Waals surface area contributed by atoms with Crippen molar-refractivity contribution in [1.82, 2.24) is 0 Å². The Bertz CT molecular complexity index is 410. The summed E-state index contributed by atoms with van der Waals surface area (Å²) in [5.41, 5.74) is 2.62. The molecule has 0 aliphatic carbocycles. The van der Waals surface area contributed by atoms with Crippen LogP contribution in [-0.4, -0.2) is 0 Å². The van der Waals surface area contributed by atoms with Gasteiger partial charge in [0.05, 0.1) is 11.5 Å². The largest absolute Gasteiger partial charge is 0.198 e. The normalized spacial score (nSPS) is 12.2. The molecule has 1 aromatic carbocycles. The molecule has 1 aromatic rings. The van der Waals surface area contributed by atoms with Crippen molar-refractivity contribution in [1.29, 1.82) is 5.26 Å². The Hall–Kier alpha value is -1.29. The van der Waals surface area contributed by atoms with Crippen molar-refractivity contribution in [3.8, 4) is 6.07 Å². The second kappa shape index (κ2) is 5.57. The molecule has 0 radical (unpaired) electrons. The lowest BCUT2D eigenvalue weighted by atomic mass is 9.78. The first-order valence-corrected chi connectivity index (χ1v) is 6.87. The van der Waals surface area contributed by atoms with Crippen LogP contribution in [0, 0.1) is 16.7 Å². The van der Waals surface area contributed by atoms with Crippen molar-refractivity contribution in [3.05, 3.63) is 35.4 Å². The fourth-order valence-electron chi connectivity index (χ4n) is 2.21. The molecule has 0 N–H and O–H groups in total. The minimum absolute atomic E-state index is 0.191. The van der Waals surface area contributed by atoms with Gasteiger partial charge < -0.3 is 0 Å². The number of nitrogens with zero attached hydrogens (tertiary/aromatic N) is 1. The molecular formula is C17H25N. The highest BCUT2D eigenvalue weighted by Crippen LogP contribution is 2.31. The third-order valence-corrected chi connectivity index (χ3v) is 3.95. The van der Waals surface area contributed by atoms with Gasteiger partial charge in [0, 0.05) is 0 Å². The third-order valence-electron chi connectivity index (χ3n) is 3.95. The van der Waals surface area contributed by atoms with Crippen molar-refractivity contribution in [2.75, 3.05) is 0 Å². The molecule has 0 aliphatic heterocycles. The molecule has 98 valence electrons. The van der Waals surface area contributed by atoms with Crippen LogP contribution in [0.3, 0.4) is 0 Å². The lowest BCUT2D eigenvalue weighted by Gasteiger charge is -2.24. The average molecular weight is 243 g/mol. The van der Waals surface area contributed by atoms with Gasteiger partial charge in [-0.2, -0.15) is 5.26 Å². The second-order valence-electron chi connectivity index (χ2n) is 6.22. The van der Waals surface area contributed by atoms with Gasteiger partial charge in [-0.15, -0.1) is 0 Å². The van der Waals surface area contributed by atoms with Crippen LogP contribution >= 0.6 is 0 Å². The molecule has 0 fully saturated rings. The van der Waals surface area contributed by atoms with E-state index in [-0.39, 0.29) is 10.8 Å². The average Bonchev–Trinajstić information content (AvgIpc) is 2.36. The van der Waals surface area contributed by atoms with E-state index in [2.05, 4.69) is 65.0 Å². The number of nitriles is 1. The molecule has 0 saturated heterocycles. The standard InChI is InChI=1S/C17H25N/c1-6-17(7-2,13-18)12-14-8-10-15(11-9-14)16(3,4)5/h8-11H,6-7,12H2,1-5H3. The first-order chi connectivity index (χ1) is 8.37. The maximum absolute atomic E-state index is 9.37. The van der Waals surface area contributed by atoms with E-state index in [0.717, 1.165) is 19.3 Å². The topological polar surface area (TPSA) is 23.8 Å². The monoisotopic (exact) mass is 243 g/mol. The summed E-state index contributed by atoms with van der Waals surface area (Å²) in [6.07, 6.45) is 2.70. The summed E-state index contributed by atoms with van der Waals surface area (Å²) in [7, 11) is 0. The van der Waals surface area contributed by atoms with Crippen LogP contribution < -0.4 is 0 Å². The Morgan fingerprint density at radius 1 is 1.00 bits per heavy atom. The maximum Gasteiger partial charge on any atom is 0.0693 e. The Labute approximate surface area is 112 Å². The van der Waals surface area contributed by atoms with E-state index >= 15 is 0 Å². The molecule has 0 unspecified atom stereocenters. The van der Waals surface area contributed by atoms with Crippen LogP contribution in [0.25, 0.3) is 0 Å². The van der Waals surface area contributed by atoms with E-state index < -0.39 is 0 Å². The van der Waals surface area contributed by atoms with Crippen molar-refractivity contribution in [2.45, 2.75) is 59.3 Å². The second-order valence-corrected chi connectivity index (χ2v) is 6.22. The molecule has 0 atom stereocenters. The molecule has 1 nitrogen and oxygen atoms in total. The fraction of sp³-hybridized carbons (Fsp3) is 0.588. The van der Waals surface area contributed by atoms with Crippen molar-refractivity contribution >= 4 is 0 Å². The molecular weight excluding hydrogens is 218 g/mol. The zero-order valence-electron chi connectivity index (χ0n) is 12.4. The Morgan fingerprint density at radius 2 is 1.50 bits per heavy atom. The summed E-state index contributed by atoms with van der Waals surface area (Å²) in [6.45, 7) is 10.9. The third kappa shape index (κ3) is 3.35. The Morgan fingerprint density at radius 3 is 1.83 bits per heavy atom. The van der Waals surface area contributed by atoms with Crippen LogP contribution in [0.1, 0.15) is 58.6 Å². The van der Waals surface area contributed by atoms with Crippen molar-refractivity contribution in [2.24, 2.45) is 5.41 Å². The number of hydrogen-bond acceptors (Lipinski definition) is 1. The number of benzene rings is 1. The fourth-order valence-corrected chi connectivity index (χ4v) is 2.21. The molecule has 0 saturated carbocycles. The van der Waals surface area contributed by atoms with Gasteiger partial charge in [0.15, 0.2) is 0 Å². The highest BCUT2D eigenvalue weighted by atomic mass is 14.4. The number of rotatable bonds is 4. The predicted molar refractivity (Wildman–Crippen MR) is 77.5 cm³/mol. The molecule has 0 aromatic heterocycles. The lowest BCUT2D eigenvalue weighted by Crippen LogP contribution is -2.19. The van der Waals surface area contributed by atoms with E-state index in [1.54, 1.807) is 0 Å². The van der Waals surface area contributed by atoms with E-state index in [4.69, 9.17) is 0 Å². The molecule has 18 heavy (non-hydrogen) atoms. The molecule has 0 heterocycles. The molecule has 0 spiro atoms. The van der Waals surface area contributed by atoms with Crippen LogP contribution in [0.5, 0.6) is 0 Å². The van der Waals surface area contributed by atoms with Gasteiger partial charge >= 0.3 is 0 Å². The highest BCUT2D eigenvalue weighted by molar-refractivity contribution is 5.28. The SMILES string of the molecule is CCC(C#N)(CC)Cc1ccc(C(C)(C)C)cc1. The zero-order chi connectivity index (χ0) is 13.8. The van der Waals surface area contributed by atoms with Crippen molar-refractivity contribution in [3.63, 3.8) is 0 Å². The summed E-state index contributed by atoms with van der Waals surface area (Å²) in [4.78, 5) is 0. The molecule has 1 heteroatoms. The van der Waals surface area contributed by atoms with Gasteiger partial charge in [0.2, 0.25) is 0 Å². The first-order valence-electron chi connectivity index (χ1n) is 6.87. The van der Waals surface area contributed by atoms with Gasteiger partial charge in [-0.25, -0.2) is 0 Å². The molecule has 0 bridgehead atoms. The Balaban J connectivity index is 2.91.